The molecule has 0 atom stereocenters. The van der Waals surface area contributed by atoms with Crippen LogP contribution in [0.2, 0.25) is 0 Å². The van der Waals surface area contributed by atoms with Gasteiger partial charge in [0.25, 0.3) is 0 Å². The van der Waals surface area contributed by atoms with E-state index in [1.807, 2.05) is 0 Å². The Bertz CT molecular complexity index is 1540. The van der Waals surface area contributed by atoms with Gasteiger partial charge in [-0.2, -0.15) is 0 Å². The molecular formula is C37H32. The molecule has 0 aliphatic heterocycles. The molecule has 1 aliphatic rings. The third kappa shape index (κ3) is 5.81. The third-order valence-electron chi connectivity index (χ3n) is 7.37. The van der Waals surface area contributed by atoms with E-state index in [2.05, 4.69) is 133 Å². The van der Waals surface area contributed by atoms with Crippen LogP contribution < -0.4 is 0 Å². The summed E-state index contributed by atoms with van der Waals surface area (Å²) >= 11 is 0. The molecule has 180 valence electrons. The maximum absolute atomic E-state index is 2.40. The van der Waals surface area contributed by atoms with Gasteiger partial charge in [-0.1, -0.05) is 133 Å². The monoisotopic (exact) mass is 476 g/mol. The number of benzene rings is 5. The number of rotatable bonds is 8. The largest absolute Gasteiger partial charge is 0.0759 e. The fourth-order valence-electron chi connectivity index (χ4n) is 5.59. The van der Waals surface area contributed by atoms with E-state index in [0.717, 1.165) is 32.1 Å². The van der Waals surface area contributed by atoms with Gasteiger partial charge in [-0.3, -0.25) is 0 Å². The topological polar surface area (TPSA) is 0 Å². The van der Waals surface area contributed by atoms with Crippen LogP contribution in [0.25, 0.3) is 5.57 Å². The molecule has 0 fully saturated rings. The highest BCUT2D eigenvalue weighted by Crippen LogP contribution is 2.30. The second-order valence-corrected chi connectivity index (χ2v) is 10.2. The molecule has 0 spiro atoms. The van der Waals surface area contributed by atoms with Gasteiger partial charge in [0.05, 0.1) is 0 Å². The smallest absolute Gasteiger partial charge is 0.00227 e. The zero-order valence-electron chi connectivity index (χ0n) is 21.2. The van der Waals surface area contributed by atoms with Crippen molar-refractivity contribution in [3.05, 3.63) is 184 Å². The summed E-state index contributed by atoms with van der Waals surface area (Å²) in [6.07, 6.45) is 7.37. The lowest BCUT2D eigenvalue weighted by molar-refractivity contribution is 1.11. The van der Waals surface area contributed by atoms with Gasteiger partial charge in [0.1, 0.15) is 0 Å². The molecule has 6 rings (SSSR count). The van der Waals surface area contributed by atoms with Gasteiger partial charge in [-0.05, 0) is 87.7 Å². The van der Waals surface area contributed by atoms with Crippen LogP contribution in [0.1, 0.15) is 50.1 Å². The normalized spacial score (nSPS) is 12.3. The van der Waals surface area contributed by atoms with E-state index in [9.17, 15) is 0 Å². The highest BCUT2D eigenvalue weighted by Gasteiger charge is 2.13. The molecule has 37 heavy (non-hydrogen) atoms. The fourth-order valence-corrected chi connectivity index (χ4v) is 5.59. The van der Waals surface area contributed by atoms with Crippen molar-refractivity contribution in [2.45, 2.75) is 32.1 Å². The zero-order valence-corrected chi connectivity index (χ0v) is 21.2. The molecular weight excluding hydrogens is 444 g/mol. The van der Waals surface area contributed by atoms with Gasteiger partial charge in [-0.15, -0.1) is 0 Å². The van der Waals surface area contributed by atoms with Crippen molar-refractivity contribution in [2.75, 3.05) is 0 Å². The van der Waals surface area contributed by atoms with Crippen LogP contribution in [-0.4, -0.2) is 0 Å². The lowest BCUT2D eigenvalue weighted by Gasteiger charge is -2.10. The highest BCUT2D eigenvalue weighted by molar-refractivity contribution is 5.74. The molecule has 0 amide bonds. The fraction of sp³-hybridized carbons (Fsp3) is 0.135. The maximum Gasteiger partial charge on any atom is -0.00227 e. The van der Waals surface area contributed by atoms with Gasteiger partial charge < -0.3 is 0 Å². The number of hydrogen-bond acceptors (Lipinski definition) is 0. The Morgan fingerprint density at radius 3 is 1.38 bits per heavy atom. The summed E-state index contributed by atoms with van der Waals surface area (Å²) < 4.78 is 0. The molecule has 0 saturated carbocycles. The summed E-state index contributed by atoms with van der Waals surface area (Å²) in [4.78, 5) is 0. The predicted octanol–water partition coefficient (Wildman–Crippen LogP) is 8.64. The van der Waals surface area contributed by atoms with Crippen LogP contribution in [0.5, 0.6) is 0 Å². The van der Waals surface area contributed by atoms with E-state index in [1.165, 1.54) is 55.6 Å². The van der Waals surface area contributed by atoms with Crippen molar-refractivity contribution in [2.24, 2.45) is 0 Å². The molecule has 0 unspecified atom stereocenters. The second-order valence-electron chi connectivity index (χ2n) is 10.2. The van der Waals surface area contributed by atoms with Crippen molar-refractivity contribution in [1.82, 2.24) is 0 Å². The number of fused-ring (bicyclic) bond motifs is 1. The van der Waals surface area contributed by atoms with E-state index >= 15 is 0 Å². The van der Waals surface area contributed by atoms with E-state index in [1.54, 1.807) is 0 Å². The third-order valence-corrected chi connectivity index (χ3v) is 7.37. The highest BCUT2D eigenvalue weighted by atomic mass is 14.2. The first kappa shape index (κ1) is 23.3. The number of allylic oxidation sites excluding steroid dienone is 2. The average molecular weight is 477 g/mol. The first-order valence-electron chi connectivity index (χ1n) is 13.3. The molecule has 1 aliphatic carbocycles. The SMILES string of the molecule is C1=C(Cc2cccc(Cc3cccc(Cc4cccc(Cc5ccccc5)c4)c3)c2)c2ccccc2C1. The summed E-state index contributed by atoms with van der Waals surface area (Å²) in [5, 5.41) is 0. The second kappa shape index (κ2) is 10.8. The number of hydrogen-bond donors (Lipinski definition) is 0. The minimum absolute atomic E-state index is 0.962. The molecule has 0 heteroatoms. The molecule has 0 N–H and O–H groups in total. The van der Waals surface area contributed by atoms with Crippen molar-refractivity contribution in [1.29, 1.82) is 0 Å². The molecule has 0 heterocycles. The molecule has 0 bridgehead atoms. The van der Waals surface area contributed by atoms with Gasteiger partial charge in [0.2, 0.25) is 0 Å². The van der Waals surface area contributed by atoms with Crippen molar-refractivity contribution in [3.8, 4) is 0 Å². The molecule has 5 aromatic rings. The Balaban J connectivity index is 1.13. The molecule has 0 aromatic heterocycles. The van der Waals surface area contributed by atoms with Gasteiger partial charge >= 0.3 is 0 Å². The maximum atomic E-state index is 2.40. The average Bonchev–Trinajstić information content (AvgIpc) is 3.33. The summed E-state index contributed by atoms with van der Waals surface area (Å²) in [7, 11) is 0. The Morgan fingerprint density at radius 1 is 0.378 bits per heavy atom. The first-order valence-corrected chi connectivity index (χ1v) is 13.3. The summed E-state index contributed by atoms with van der Waals surface area (Å²) in [5.74, 6) is 0. The van der Waals surface area contributed by atoms with Crippen molar-refractivity contribution >= 4 is 5.57 Å². The van der Waals surface area contributed by atoms with Gasteiger partial charge in [-0.25, -0.2) is 0 Å². The minimum atomic E-state index is 0.962. The van der Waals surface area contributed by atoms with Crippen molar-refractivity contribution < 1.29 is 0 Å². The Labute approximate surface area is 221 Å². The summed E-state index contributed by atoms with van der Waals surface area (Å²) in [6, 6.07) is 46.8. The van der Waals surface area contributed by atoms with E-state index < -0.39 is 0 Å². The van der Waals surface area contributed by atoms with E-state index in [0.29, 0.717) is 0 Å². The standard InChI is InChI=1S/C37H32/c1-2-9-28(10-3-1)21-29-11-6-12-30(22-29)23-31-13-7-14-32(24-31)25-33-15-8-16-34(26-33)27-36-20-19-35-17-4-5-18-37(35)36/h1-18,20,22,24,26H,19,21,23,25,27H2. The Hall–Kier alpha value is -4.16. The lowest BCUT2D eigenvalue weighted by Crippen LogP contribution is -1.95. The Kier molecular flexibility index (Phi) is 6.82. The van der Waals surface area contributed by atoms with E-state index in [4.69, 9.17) is 0 Å². The first-order chi connectivity index (χ1) is 18.3. The van der Waals surface area contributed by atoms with Crippen molar-refractivity contribution in [3.63, 3.8) is 0 Å². The minimum Gasteiger partial charge on any atom is -0.0759 e. The molecule has 0 radical (unpaired) electrons. The Morgan fingerprint density at radius 2 is 0.811 bits per heavy atom. The van der Waals surface area contributed by atoms with Crippen LogP contribution in [-0.2, 0) is 32.1 Å². The molecule has 0 saturated heterocycles. The van der Waals surface area contributed by atoms with Crippen LogP contribution in [0, 0.1) is 0 Å². The zero-order chi connectivity index (χ0) is 24.9. The van der Waals surface area contributed by atoms with Crippen LogP contribution in [0.15, 0.2) is 133 Å². The molecule has 5 aromatic carbocycles. The summed E-state index contributed by atoms with van der Waals surface area (Å²) in [6.45, 7) is 0. The van der Waals surface area contributed by atoms with Gasteiger partial charge in [0, 0.05) is 0 Å². The predicted molar refractivity (Wildman–Crippen MR) is 156 cm³/mol. The quantitative estimate of drug-likeness (QED) is 0.210. The molecule has 0 nitrogen and oxygen atoms in total. The van der Waals surface area contributed by atoms with Crippen LogP contribution >= 0.6 is 0 Å². The summed E-state index contributed by atoms with van der Waals surface area (Å²) in [5.41, 5.74) is 14.0. The van der Waals surface area contributed by atoms with E-state index in [-0.39, 0.29) is 0 Å². The lowest BCUT2D eigenvalue weighted by atomic mass is 9.95. The van der Waals surface area contributed by atoms with Crippen LogP contribution in [0.4, 0.5) is 0 Å². The van der Waals surface area contributed by atoms with Crippen LogP contribution in [0.3, 0.4) is 0 Å². The van der Waals surface area contributed by atoms with Gasteiger partial charge in [0.15, 0.2) is 0 Å².